The van der Waals surface area contributed by atoms with Crippen molar-refractivity contribution < 1.29 is 63.1 Å². The summed E-state index contributed by atoms with van der Waals surface area (Å²) in [5, 5.41) is 49.5. The number of unbranched alkanes of at least 4 members (excludes halogenated alkanes) is 13. The predicted octanol–water partition coefficient (Wildman–Crippen LogP) is 3.43. The molecule has 1 aliphatic rings. The molecule has 0 amide bonds. The van der Waals surface area contributed by atoms with Gasteiger partial charge >= 0.3 is 19.8 Å². The molecule has 44 heavy (non-hydrogen) atoms. The van der Waals surface area contributed by atoms with Crippen molar-refractivity contribution in [3.63, 3.8) is 0 Å². The molecule has 0 radical (unpaired) electrons. The molecule has 0 aromatic rings. The summed E-state index contributed by atoms with van der Waals surface area (Å²) in [5.41, 5.74) is 0. The van der Waals surface area contributed by atoms with Gasteiger partial charge in [-0.25, -0.2) is 4.57 Å². The first-order valence-electron chi connectivity index (χ1n) is 16.3. The van der Waals surface area contributed by atoms with Gasteiger partial charge in [-0.05, 0) is 12.8 Å². The highest BCUT2D eigenvalue weighted by atomic mass is 31.2. The number of esters is 2. The van der Waals surface area contributed by atoms with E-state index in [4.69, 9.17) is 18.5 Å². The Morgan fingerprint density at radius 1 is 0.614 bits per heavy atom. The third-order valence-corrected chi connectivity index (χ3v) is 8.68. The molecule has 1 aliphatic carbocycles. The molecule has 14 heteroatoms. The molecule has 1 saturated carbocycles. The fourth-order valence-electron chi connectivity index (χ4n) is 4.91. The van der Waals surface area contributed by atoms with Gasteiger partial charge in [-0.3, -0.25) is 18.6 Å². The van der Waals surface area contributed by atoms with Crippen LogP contribution in [0.2, 0.25) is 0 Å². The number of carbonyl (C=O) groups excluding carboxylic acids is 2. The molecule has 13 nitrogen and oxygen atoms in total. The van der Waals surface area contributed by atoms with E-state index in [9.17, 15) is 44.6 Å². The highest BCUT2D eigenvalue weighted by Gasteiger charge is 2.51. The van der Waals surface area contributed by atoms with E-state index in [1.54, 1.807) is 0 Å². The van der Waals surface area contributed by atoms with Crippen molar-refractivity contribution in [2.45, 2.75) is 166 Å². The molecule has 260 valence electrons. The Labute approximate surface area is 261 Å². The summed E-state index contributed by atoms with van der Waals surface area (Å²) in [6.07, 6.45) is 3.44. The van der Waals surface area contributed by atoms with Gasteiger partial charge in [0.1, 0.15) is 43.2 Å². The summed E-state index contributed by atoms with van der Waals surface area (Å²) in [7, 11) is -5.08. The van der Waals surface area contributed by atoms with E-state index in [1.807, 2.05) is 6.92 Å². The second-order valence-electron chi connectivity index (χ2n) is 11.7. The number of phosphoric ester groups is 1. The normalized spacial score (nSPS) is 25.7. The molecule has 6 unspecified atom stereocenters. The largest absolute Gasteiger partial charge is 0.472 e. The number of aliphatic hydroxyl groups is 5. The van der Waals surface area contributed by atoms with Gasteiger partial charge in [-0.2, -0.15) is 0 Å². The van der Waals surface area contributed by atoms with Crippen LogP contribution in [0.15, 0.2) is 0 Å². The number of hydrogen-bond acceptors (Lipinski definition) is 12. The zero-order chi connectivity index (χ0) is 33.0. The fraction of sp³-hybridized carbons (Fsp3) is 0.933. The van der Waals surface area contributed by atoms with Gasteiger partial charge in [0.05, 0.1) is 6.61 Å². The first kappa shape index (κ1) is 40.9. The van der Waals surface area contributed by atoms with Crippen LogP contribution in [-0.2, 0) is 32.7 Å². The van der Waals surface area contributed by atoms with Gasteiger partial charge in [0, 0.05) is 12.8 Å². The molecule has 1 fully saturated rings. The van der Waals surface area contributed by atoms with Crippen molar-refractivity contribution >= 4 is 19.8 Å². The van der Waals surface area contributed by atoms with Crippen LogP contribution < -0.4 is 0 Å². The van der Waals surface area contributed by atoms with Crippen LogP contribution in [0.4, 0.5) is 0 Å². The minimum atomic E-state index is -5.08. The SMILES string of the molecule is CCCCCCCCCCCCCCCC(=O)OC(COC(=O)CCCC)COP(=O)(O)OC1C(O)C(O)C(O)C(O)C1O. The maximum Gasteiger partial charge on any atom is 0.472 e. The van der Waals surface area contributed by atoms with Crippen LogP contribution in [0.1, 0.15) is 123 Å². The van der Waals surface area contributed by atoms with Gasteiger partial charge in [-0.15, -0.1) is 0 Å². The molecule has 0 bridgehead atoms. The zero-order valence-electron chi connectivity index (χ0n) is 26.5. The highest BCUT2D eigenvalue weighted by molar-refractivity contribution is 7.47. The van der Waals surface area contributed by atoms with E-state index in [0.29, 0.717) is 12.8 Å². The van der Waals surface area contributed by atoms with E-state index in [2.05, 4.69) is 6.92 Å². The molecule has 1 rings (SSSR count). The smallest absolute Gasteiger partial charge is 0.462 e. The molecule has 0 aromatic carbocycles. The summed E-state index contributed by atoms with van der Waals surface area (Å²) >= 11 is 0. The quantitative estimate of drug-likeness (QED) is 0.0473. The number of carbonyl (C=O) groups is 2. The molecule has 0 saturated heterocycles. The lowest BCUT2D eigenvalue weighted by Gasteiger charge is -2.41. The highest BCUT2D eigenvalue weighted by Crippen LogP contribution is 2.47. The van der Waals surface area contributed by atoms with Crippen molar-refractivity contribution in [3.05, 3.63) is 0 Å². The standard InChI is InChI=1S/C30H57O13P/c1-3-5-7-8-9-10-11-12-13-14-15-16-17-19-24(32)42-22(20-40-23(31)18-6-4-2)21-41-44(38,39)43-30-28(36)26(34)25(33)27(35)29(30)37/h22,25-30,33-37H,3-21H2,1-2H3,(H,38,39). The minimum Gasteiger partial charge on any atom is -0.462 e. The third kappa shape index (κ3) is 17.0. The lowest BCUT2D eigenvalue weighted by atomic mass is 9.85. The van der Waals surface area contributed by atoms with Crippen LogP contribution in [0, 0.1) is 0 Å². The Hall–Kier alpha value is -1.15. The second-order valence-corrected chi connectivity index (χ2v) is 13.1. The summed E-state index contributed by atoms with van der Waals surface area (Å²) in [6.45, 7) is 2.95. The Kier molecular flexibility index (Phi) is 21.6. The first-order valence-corrected chi connectivity index (χ1v) is 17.8. The monoisotopic (exact) mass is 656 g/mol. The van der Waals surface area contributed by atoms with Crippen LogP contribution in [-0.4, -0.2) is 98.3 Å². The third-order valence-electron chi connectivity index (χ3n) is 7.70. The topological polar surface area (TPSA) is 210 Å². The van der Waals surface area contributed by atoms with Crippen molar-refractivity contribution in [2.24, 2.45) is 0 Å². The van der Waals surface area contributed by atoms with Crippen LogP contribution >= 0.6 is 7.82 Å². The van der Waals surface area contributed by atoms with Gasteiger partial charge in [-0.1, -0.05) is 97.3 Å². The molecule has 0 aromatic heterocycles. The second kappa shape index (κ2) is 23.2. The average Bonchev–Trinajstić information content (AvgIpc) is 2.99. The van der Waals surface area contributed by atoms with E-state index in [1.165, 1.54) is 57.8 Å². The van der Waals surface area contributed by atoms with Gasteiger partial charge in [0.15, 0.2) is 6.10 Å². The Bertz CT molecular complexity index is 813. The first-order chi connectivity index (χ1) is 20.9. The van der Waals surface area contributed by atoms with Gasteiger partial charge in [0.2, 0.25) is 0 Å². The number of aliphatic hydroxyl groups excluding tert-OH is 5. The molecule has 0 spiro atoms. The molecule has 6 N–H and O–H groups in total. The number of phosphoric acid groups is 1. The molecular formula is C30H57O13P. The van der Waals surface area contributed by atoms with Gasteiger partial charge in [0.25, 0.3) is 0 Å². The molecule has 0 heterocycles. The van der Waals surface area contributed by atoms with Crippen LogP contribution in [0.3, 0.4) is 0 Å². The van der Waals surface area contributed by atoms with Crippen LogP contribution in [0.5, 0.6) is 0 Å². The van der Waals surface area contributed by atoms with Crippen molar-refractivity contribution in [1.29, 1.82) is 0 Å². The van der Waals surface area contributed by atoms with Gasteiger partial charge < -0.3 is 39.9 Å². The summed E-state index contributed by atoms with van der Waals surface area (Å²) in [6, 6.07) is 0. The number of hydrogen-bond donors (Lipinski definition) is 6. The molecular weight excluding hydrogens is 599 g/mol. The summed E-state index contributed by atoms with van der Waals surface area (Å²) < 4.78 is 32.7. The average molecular weight is 657 g/mol. The maximum atomic E-state index is 12.6. The zero-order valence-corrected chi connectivity index (χ0v) is 27.4. The van der Waals surface area contributed by atoms with Crippen molar-refractivity contribution in [2.75, 3.05) is 13.2 Å². The predicted molar refractivity (Wildman–Crippen MR) is 161 cm³/mol. The molecule has 6 atom stereocenters. The van der Waals surface area contributed by atoms with E-state index >= 15 is 0 Å². The number of ether oxygens (including phenoxy) is 2. The maximum absolute atomic E-state index is 12.6. The van der Waals surface area contributed by atoms with Crippen molar-refractivity contribution in [1.82, 2.24) is 0 Å². The fourth-order valence-corrected chi connectivity index (χ4v) is 5.88. The Morgan fingerprint density at radius 2 is 1.05 bits per heavy atom. The molecule has 0 aliphatic heterocycles. The minimum absolute atomic E-state index is 0.101. The Balaban J connectivity index is 2.49. The number of rotatable bonds is 25. The lowest BCUT2D eigenvalue weighted by Crippen LogP contribution is -2.64. The Morgan fingerprint density at radius 3 is 1.55 bits per heavy atom. The van der Waals surface area contributed by atoms with Crippen LogP contribution in [0.25, 0.3) is 0 Å². The summed E-state index contributed by atoms with van der Waals surface area (Å²) in [5.74, 6) is -1.14. The van der Waals surface area contributed by atoms with E-state index in [-0.39, 0.29) is 12.8 Å². The van der Waals surface area contributed by atoms with Crippen molar-refractivity contribution in [3.8, 4) is 0 Å². The lowest BCUT2D eigenvalue weighted by molar-refractivity contribution is -0.220. The summed E-state index contributed by atoms with van der Waals surface area (Å²) in [4.78, 5) is 34.6. The van der Waals surface area contributed by atoms with E-state index < -0.39 is 75.7 Å². The van der Waals surface area contributed by atoms with E-state index in [0.717, 1.165) is 25.7 Å².